The molecule has 0 spiro atoms. The summed E-state index contributed by atoms with van der Waals surface area (Å²) in [5, 5.41) is 4.12. The summed E-state index contributed by atoms with van der Waals surface area (Å²) < 4.78 is 61.6. The number of ether oxygens (including phenoxy) is 1. The zero-order valence-electron chi connectivity index (χ0n) is 15.3. The number of nitrogens with zero attached hydrogens (tertiary/aromatic N) is 3. The Morgan fingerprint density at radius 1 is 1.11 bits per heavy atom. The topological polar surface area (TPSA) is 111 Å². The average molecular weight is 415 g/mol. The summed E-state index contributed by atoms with van der Waals surface area (Å²) in [6, 6.07) is 5.79. The Hall–Kier alpha value is -1.95. The Bertz CT molecular complexity index is 1050. The molecular weight excluding hydrogens is 392 g/mol. The highest BCUT2D eigenvalue weighted by Gasteiger charge is 2.28. The zero-order valence-corrected chi connectivity index (χ0v) is 17.0. The normalized spacial score (nSPS) is 16.4. The molecule has 2 aromatic rings. The largest absolute Gasteiger partial charge is 0.379 e. The molecule has 1 N–H and O–H groups in total. The quantitative estimate of drug-likeness (QED) is 0.777. The van der Waals surface area contributed by atoms with Crippen molar-refractivity contribution in [3.63, 3.8) is 0 Å². The number of hydrogen-bond donors (Lipinski definition) is 1. The lowest BCUT2D eigenvalue weighted by molar-refractivity contribution is 0.0730. The minimum absolute atomic E-state index is 0.0317. The van der Waals surface area contributed by atoms with Crippen molar-refractivity contribution in [1.82, 2.24) is 14.1 Å². The summed E-state index contributed by atoms with van der Waals surface area (Å²) >= 11 is 0. The van der Waals surface area contributed by atoms with Crippen molar-refractivity contribution in [3.05, 3.63) is 35.7 Å². The first-order valence-electron chi connectivity index (χ1n) is 8.34. The molecule has 1 fully saturated rings. The van der Waals surface area contributed by atoms with Gasteiger partial charge in [0.2, 0.25) is 10.0 Å². The van der Waals surface area contributed by atoms with E-state index in [1.165, 1.54) is 33.3 Å². The van der Waals surface area contributed by atoms with Gasteiger partial charge < -0.3 is 4.74 Å². The first kappa shape index (κ1) is 19.8. The molecule has 1 saturated heterocycles. The van der Waals surface area contributed by atoms with Gasteiger partial charge in [0.15, 0.2) is 0 Å². The van der Waals surface area contributed by atoms with Crippen LogP contribution in [0.4, 0.5) is 5.69 Å². The summed E-state index contributed by atoms with van der Waals surface area (Å²) in [6.07, 6.45) is 0. The number of rotatable bonds is 5. The van der Waals surface area contributed by atoms with Gasteiger partial charge >= 0.3 is 0 Å². The summed E-state index contributed by atoms with van der Waals surface area (Å²) in [5.41, 5.74) is 1.05. The van der Waals surface area contributed by atoms with Crippen LogP contribution in [0.25, 0.3) is 0 Å². The number of nitrogens with one attached hydrogen (secondary N) is 1. The Morgan fingerprint density at radius 2 is 1.78 bits per heavy atom. The molecule has 0 atom stereocenters. The summed E-state index contributed by atoms with van der Waals surface area (Å²) in [6.45, 7) is 4.49. The smallest absolute Gasteiger partial charge is 0.265 e. The van der Waals surface area contributed by atoms with Gasteiger partial charge in [-0.05, 0) is 32.0 Å². The van der Waals surface area contributed by atoms with Crippen molar-refractivity contribution < 1.29 is 21.6 Å². The van der Waals surface area contributed by atoms with E-state index < -0.39 is 20.0 Å². The number of benzene rings is 1. The van der Waals surface area contributed by atoms with Crippen molar-refractivity contribution in [2.45, 2.75) is 23.6 Å². The molecular formula is C16H22N4O5S2. The van der Waals surface area contributed by atoms with E-state index in [2.05, 4.69) is 9.82 Å². The third-order valence-electron chi connectivity index (χ3n) is 4.41. The lowest BCUT2D eigenvalue weighted by Crippen LogP contribution is -2.40. The molecule has 0 radical (unpaired) electrons. The van der Waals surface area contributed by atoms with Gasteiger partial charge in [-0.1, -0.05) is 6.07 Å². The van der Waals surface area contributed by atoms with Crippen LogP contribution in [0.5, 0.6) is 0 Å². The number of sulfonamides is 2. The van der Waals surface area contributed by atoms with Crippen LogP contribution < -0.4 is 4.72 Å². The molecule has 0 amide bonds. The van der Waals surface area contributed by atoms with E-state index in [4.69, 9.17) is 4.74 Å². The Kier molecular flexibility index (Phi) is 5.30. The van der Waals surface area contributed by atoms with E-state index in [0.717, 1.165) is 0 Å². The fraction of sp³-hybridized carbons (Fsp3) is 0.438. The van der Waals surface area contributed by atoms with Crippen molar-refractivity contribution in [2.75, 3.05) is 31.0 Å². The Balaban J connectivity index is 1.92. The number of morpholine rings is 1. The van der Waals surface area contributed by atoms with Crippen LogP contribution in [0.15, 0.2) is 34.1 Å². The Labute approximate surface area is 159 Å². The van der Waals surface area contributed by atoms with E-state index in [1.54, 1.807) is 20.9 Å². The summed E-state index contributed by atoms with van der Waals surface area (Å²) in [5.74, 6) is 0. The zero-order chi connectivity index (χ0) is 19.8. The van der Waals surface area contributed by atoms with Crippen LogP contribution >= 0.6 is 0 Å². The molecule has 0 saturated carbocycles. The van der Waals surface area contributed by atoms with E-state index in [9.17, 15) is 16.8 Å². The maximum atomic E-state index is 12.8. The van der Waals surface area contributed by atoms with Gasteiger partial charge in [0.25, 0.3) is 10.0 Å². The highest BCUT2D eigenvalue weighted by atomic mass is 32.2. The van der Waals surface area contributed by atoms with Gasteiger partial charge in [-0.3, -0.25) is 9.40 Å². The van der Waals surface area contributed by atoms with Crippen LogP contribution in [0.3, 0.4) is 0 Å². The lowest BCUT2D eigenvalue weighted by atomic mass is 10.3. The van der Waals surface area contributed by atoms with E-state index in [-0.39, 0.29) is 28.6 Å². The van der Waals surface area contributed by atoms with Gasteiger partial charge in [0.05, 0.1) is 35.2 Å². The van der Waals surface area contributed by atoms with Crippen LogP contribution in [0.1, 0.15) is 11.4 Å². The van der Waals surface area contributed by atoms with Crippen molar-refractivity contribution in [3.8, 4) is 0 Å². The van der Waals surface area contributed by atoms with Crippen molar-refractivity contribution >= 4 is 25.7 Å². The SMILES string of the molecule is Cc1nn(C)c(C)c1S(=O)(=O)Nc1cccc(S(=O)(=O)N2CCOCC2)c1. The second-order valence-corrected chi connectivity index (χ2v) is 9.83. The molecule has 0 unspecified atom stereocenters. The second-order valence-electron chi connectivity index (χ2n) is 6.27. The van der Waals surface area contributed by atoms with Gasteiger partial charge in [0.1, 0.15) is 4.90 Å². The molecule has 148 valence electrons. The maximum Gasteiger partial charge on any atom is 0.265 e. The molecule has 1 aromatic heterocycles. The molecule has 0 aliphatic carbocycles. The van der Waals surface area contributed by atoms with Gasteiger partial charge in [0, 0.05) is 20.1 Å². The van der Waals surface area contributed by atoms with Crippen LogP contribution in [-0.2, 0) is 31.8 Å². The molecule has 0 bridgehead atoms. The predicted molar refractivity (Wildman–Crippen MR) is 99.5 cm³/mol. The lowest BCUT2D eigenvalue weighted by Gasteiger charge is -2.26. The first-order valence-corrected chi connectivity index (χ1v) is 11.3. The van der Waals surface area contributed by atoms with Crippen LogP contribution in [-0.4, -0.2) is 57.2 Å². The fourth-order valence-corrected chi connectivity index (χ4v) is 5.95. The number of aryl methyl sites for hydroxylation is 2. The highest BCUT2D eigenvalue weighted by Crippen LogP contribution is 2.25. The van der Waals surface area contributed by atoms with E-state index in [0.29, 0.717) is 24.6 Å². The van der Waals surface area contributed by atoms with Crippen LogP contribution in [0, 0.1) is 13.8 Å². The standard InChI is InChI=1S/C16H22N4O5S2/c1-12-16(13(2)19(3)17-12)26(21,22)18-14-5-4-6-15(11-14)27(23,24)20-7-9-25-10-8-20/h4-6,11,18H,7-10H2,1-3H3. The number of aromatic nitrogens is 2. The molecule has 27 heavy (non-hydrogen) atoms. The predicted octanol–water partition coefficient (Wildman–Crippen LogP) is 0.859. The molecule has 3 rings (SSSR count). The maximum absolute atomic E-state index is 12.8. The minimum Gasteiger partial charge on any atom is -0.379 e. The van der Waals surface area contributed by atoms with E-state index >= 15 is 0 Å². The Morgan fingerprint density at radius 3 is 2.37 bits per heavy atom. The van der Waals surface area contributed by atoms with Crippen molar-refractivity contribution in [2.24, 2.45) is 7.05 Å². The molecule has 9 nitrogen and oxygen atoms in total. The van der Waals surface area contributed by atoms with Gasteiger partial charge in [-0.15, -0.1) is 0 Å². The first-order chi connectivity index (χ1) is 12.6. The minimum atomic E-state index is -3.90. The third kappa shape index (κ3) is 3.86. The fourth-order valence-electron chi connectivity index (χ4n) is 3.01. The van der Waals surface area contributed by atoms with E-state index in [1.807, 2.05) is 0 Å². The molecule has 11 heteroatoms. The summed E-state index contributed by atoms with van der Waals surface area (Å²) in [4.78, 5) is 0.121. The second kappa shape index (κ2) is 7.23. The molecule has 2 heterocycles. The summed E-state index contributed by atoms with van der Waals surface area (Å²) in [7, 11) is -5.95. The van der Waals surface area contributed by atoms with Gasteiger partial charge in [-0.2, -0.15) is 9.40 Å². The third-order valence-corrected chi connectivity index (χ3v) is 7.93. The van der Waals surface area contributed by atoms with Gasteiger partial charge in [-0.25, -0.2) is 16.8 Å². The van der Waals surface area contributed by atoms with Crippen LogP contribution in [0.2, 0.25) is 0 Å². The number of hydrogen-bond acceptors (Lipinski definition) is 6. The highest BCUT2D eigenvalue weighted by molar-refractivity contribution is 7.92. The monoisotopic (exact) mass is 414 g/mol. The molecule has 1 aliphatic heterocycles. The number of anilines is 1. The molecule has 1 aliphatic rings. The van der Waals surface area contributed by atoms with Crippen molar-refractivity contribution in [1.29, 1.82) is 0 Å². The molecule has 1 aromatic carbocycles. The average Bonchev–Trinajstić information content (AvgIpc) is 2.88.